The summed E-state index contributed by atoms with van der Waals surface area (Å²) in [6.45, 7) is 3.74. The van der Waals surface area contributed by atoms with E-state index in [2.05, 4.69) is 16.3 Å². The van der Waals surface area contributed by atoms with E-state index in [4.69, 9.17) is 0 Å². The molecule has 1 heterocycles. The summed E-state index contributed by atoms with van der Waals surface area (Å²) in [5, 5.41) is 12.9. The van der Waals surface area contributed by atoms with E-state index >= 15 is 0 Å². The van der Waals surface area contributed by atoms with Gasteiger partial charge in [-0.1, -0.05) is 13.3 Å². The van der Waals surface area contributed by atoms with Crippen molar-refractivity contribution >= 4 is 9.84 Å². The van der Waals surface area contributed by atoms with Crippen LogP contribution in [0.2, 0.25) is 0 Å². The summed E-state index contributed by atoms with van der Waals surface area (Å²) in [5.74, 6) is 0.998. The van der Waals surface area contributed by atoms with E-state index < -0.39 is 9.84 Å². The van der Waals surface area contributed by atoms with Gasteiger partial charge in [0.2, 0.25) is 0 Å². The first-order chi connectivity index (χ1) is 9.92. The standard InChI is InChI=1S/C15H27N3O2S/c1-3-17-15(12-16)8-4-5-13(15)6-9-18(2)14-7-10-21(19,20)11-14/h13-14,17H,3-11H2,1-2H3. The van der Waals surface area contributed by atoms with Crippen molar-refractivity contribution in [3.05, 3.63) is 0 Å². The Labute approximate surface area is 128 Å². The second-order valence-electron chi connectivity index (χ2n) is 6.53. The van der Waals surface area contributed by atoms with Gasteiger partial charge in [-0.15, -0.1) is 0 Å². The topological polar surface area (TPSA) is 73.2 Å². The van der Waals surface area contributed by atoms with E-state index in [1.54, 1.807) is 0 Å². The lowest BCUT2D eigenvalue weighted by atomic mass is 9.85. The minimum absolute atomic E-state index is 0.159. The zero-order valence-electron chi connectivity index (χ0n) is 13.1. The predicted octanol–water partition coefficient (Wildman–Crippen LogP) is 1.17. The van der Waals surface area contributed by atoms with E-state index in [-0.39, 0.29) is 11.6 Å². The van der Waals surface area contributed by atoms with E-state index in [0.29, 0.717) is 17.4 Å². The number of nitrogens with one attached hydrogen (secondary N) is 1. The van der Waals surface area contributed by atoms with Crippen LogP contribution in [0, 0.1) is 17.2 Å². The largest absolute Gasteiger partial charge is 0.302 e. The Morgan fingerprint density at radius 3 is 2.76 bits per heavy atom. The van der Waals surface area contributed by atoms with Gasteiger partial charge in [0.15, 0.2) is 9.84 Å². The van der Waals surface area contributed by atoms with Gasteiger partial charge in [-0.25, -0.2) is 8.42 Å². The van der Waals surface area contributed by atoms with Gasteiger partial charge in [-0.2, -0.15) is 5.26 Å². The summed E-state index contributed by atoms with van der Waals surface area (Å²) >= 11 is 0. The number of rotatable bonds is 6. The molecule has 1 aliphatic heterocycles. The molecule has 21 heavy (non-hydrogen) atoms. The number of hydrogen-bond acceptors (Lipinski definition) is 5. The summed E-state index contributed by atoms with van der Waals surface area (Å²) in [7, 11) is -0.805. The third-order valence-corrected chi connectivity index (χ3v) is 6.92. The van der Waals surface area contributed by atoms with Crippen molar-refractivity contribution in [1.82, 2.24) is 10.2 Å². The molecule has 0 amide bonds. The molecule has 5 nitrogen and oxygen atoms in total. The van der Waals surface area contributed by atoms with Crippen molar-refractivity contribution in [2.75, 3.05) is 31.6 Å². The third-order valence-electron chi connectivity index (χ3n) is 5.17. The fourth-order valence-corrected chi connectivity index (χ4v) is 5.67. The van der Waals surface area contributed by atoms with E-state index in [0.717, 1.165) is 45.2 Å². The average molecular weight is 313 g/mol. The lowest BCUT2D eigenvalue weighted by Crippen LogP contribution is -2.48. The molecule has 2 rings (SSSR count). The van der Waals surface area contributed by atoms with Gasteiger partial charge in [-0.05, 0) is 51.7 Å². The molecule has 120 valence electrons. The number of nitriles is 1. The highest BCUT2D eigenvalue weighted by molar-refractivity contribution is 7.91. The average Bonchev–Trinajstić information content (AvgIpc) is 3.00. The van der Waals surface area contributed by atoms with Crippen LogP contribution in [0.5, 0.6) is 0 Å². The molecule has 1 saturated heterocycles. The maximum atomic E-state index is 11.6. The second-order valence-corrected chi connectivity index (χ2v) is 8.76. The van der Waals surface area contributed by atoms with Crippen molar-refractivity contribution in [1.29, 1.82) is 5.26 Å². The van der Waals surface area contributed by atoms with Crippen molar-refractivity contribution in [2.45, 2.75) is 50.6 Å². The van der Waals surface area contributed by atoms with Gasteiger partial charge >= 0.3 is 0 Å². The van der Waals surface area contributed by atoms with Gasteiger partial charge in [0, 0.05) is 6.04 Å². The molecule has 0 aromatic carbocycles. The Kier molecular flexibility index (Phi) is 5.29. The van der Waals surface area contributed by atoms with E-state index in [1.807, 2.05) is 14.0 Å². The highest BCUT2D eigenvalue weighted by Crippen LogP contribution is 2.37. The van der Waals surface area contributed by atoms with Gasteiger partial charge < -0.3 is 4.90 Å². The highest BCUT2D eigenvalue weighted by Gasteiger charge is 2.42. The highest BCUT2D eigenvalue weighted by atomic mass is 32.2. The van der Waals surface area contributed by atoms with Crippen molar-refractivity contribution < 1.29 is 8.42 Å². The Balaban J connectivity index is 1.89. The SMILES string of the molecule is CCNC1(C#N)CCCC1CCN(C)C1CCS(=O)(=O)C1. The van der Waals surface area contributed by atoms with Crippen LogP contribution in [0.15, 0.2) is 0 Å². The Hall–Kier alpha value is -0.640. The predicted molar refractivity (Wildman–Crippen MR) is 83.7 cm³/mol. The molecule has 3 atom stereocenters. The van der Waals surface area contributed by atoms with Crippen molar-refractivity contribution in [2.24, 2.45) is 5.92 Å². The number of nitrogens with zero attached hydrogens (tertiary/aromatic N) is 2. The molecule has 1 aliphatic carbocycles. The second kappa shape index (κ2) is 6.64. The first-order valence-electron chi connectivity index (χ1n) is 7.99. The van der Waals surface area contributed by atoms with Gasteiger partial charge in [0.1, 0.15) is 5.54 Å². The Bertz CT molecular complexity index is 500. The molecule has 2 aliphatic rings. The molecule has 0 bridgehead atoms. The zero-order chi connectivity index (χ0) is 15.5. The van der Waals surface area contributed by atoms with Gasteiger partial charge in [0.25, 0.3) is 0 Å². The molecule has 6 heteroatoms. The quantitative estimate of drug-likeness (QED) is 0.797. The summed E-state index contributed by atoms with van der Waals surface area (Å²) < 4.78 is 23.1. The minimum atomic E-state index is -2.82. The summed E-state index contributed by atoms with van der Waals surface area (Å²) in [4.78, 5) is 2.18. The molecule has 0 spiro atoms. The molecular formula is C15H27N3O2S. The fourth-order valence-electron chi connectivity index (χ4n) is 3.87. The van der Waals surface area contributed by atoms with Crippen LogP contribution in [-0.4, -0.2) is 56.5 Å². The van der Waals surface area contributed by atoms with Gasteiger partial charge in [-0.3, -0.25) is 5.32 Å². The maximum absolute atomic E-state index is 11.6. The monoisotopic (exact) mass is 313 g/mol. The molecule has 0 aromatic rings. The van der Waals surface area contributed by atoms with Crippen LogP contribution in [-0.2, 0) is 9.84 Å². The normalized spacial score (nSPS) is 35.1. The maximum Gasteiger partial charge on any atom is 0.151 e. The third kappa shape index (κ3) is 3.77. The van der Waals surface area contributed by atoms with Crippen LogP contribution >= 0.6 is 0 Å². The van der Waals surface area contributed by atoms with Crippen molar-refractivity contribution in [3.8, 4) is 6.07 Å². The Morgan fingerprint density at radius 2 is 2.19 bits per heavy atom. The minimum Gasteiger partial charge on any atom is -0.302 e. The lowest BCUT2D eigenvalue weighted by Gasteiger charge is -2.32. The van der Waals surface area contributed by atoms with Crippen LogP contribution in [0.3, 0.4) is 0 Å². The number of hydrogen-bond donors (Lipinski definition) is 1. The molecule has 1 saturated carbocycles. The van der Waals surface area contributed by atoms with E-state index in [9.17, 15) is 13.7 Å². The fraction of sp³-hybridized carbons (Fsp3) is 0.933. The summed E-state index contributed by atoms with van der Waals surface area (Å²) in [6.07, 6.45) is 4.85. The van der Waals surface area contributed by atoms with Crippen molar-refractivity contribution in [3.63, 3.8) is 0 Å². The molecule has 3 unspecified atom stereocenters. The number of sulfone groups is 1. The van der Waals surface area contributed by atoms with Crippen LogP contribution in [0.1, 0.15) is 39.0 Å². The van der Waals surface area contributed by atoms with Crippen LogP contribution in [0.25, 0.3) is 0 Å². The van der Waals surface area contributed by atoms with Gasteiger partial charge in [0.05, 0.1) is 17.6 Å². The first-order valence-corrected chi connectivity index (χ1v) is 9.81. The molecule has 2 fully saturated rings. The molecule has 1 N–H and O–H groups in total. The molecular weight excluding hydrogens is 286 g/mol. The van der Waals surface area contributed by atoms with Crippen LogP contribution < -0.4 is 5.32 Å². The first kappa shape index (κ1) is 16.7. The zero-order valence-corrected chi connectivity index (χ0v) is 14.0. The molecule has 0 radical (unpaired) electrons. The summed E-state index contributed by atoms with van der Waals surface area (Å²) in [5.41, 5.74) is -0.364. The Morgan fingerprint density at radius 1 is 1.43 bits per heavy atom. The molecule has 0 aromatic heterocycles. The lowest BCUT2D eigenvalue weighted by molar-refractivity contribution is 0.217. The van der Waals surface area contributed by atoms with Crippen LogP contribution in [0.4, 0.5) is 0 Å². The van der Waals surface area contributed by atoms with E-state index in [1.165, 1.54) is 0 Å². The summed E-state index contributed by atoms with van der Waals surface area (Å²) in [6, 6.07) is 2.67. The smallest absolute Gasteiger partial charge is 0.151 e.